The molecule has 1 aliphatic heterocycles. The fourth-order valence-corrected chi connectivity index (χ4v) is 5.35. The molecule has 3 aromatic heterocycles. The van der Waals surface area contributed by atoms with Crippen molar-refractivity contribution in [3.63, 3.8) is 0 Å². The van der Waals surface area contributed by atoms with E-state index in [0.29, 0.717) is 23.4 Å². The molecule has 8 heteroatoms. The number of methoxy groups -OCH3 is 1. The Kier molecular flexibility index (Phi) is 4.16. The lowest BCUT2D eigenvalue weighted by Gasteiger charge is -2.36. The Balaban J connectivity index is 1.20. The summed E-state index contributed by atoms with van der Waals surface area (Å²) < 4.78 is 7.89. The predicted octanol–water partition coefficient (Wildman–Crippen LogP) is 2.77. The van der Waals surface area contributed by atoms with Crippen LogP contribution in [0.4, 0.5) is 0 Å². The Hall–Kier alpha value is -2.74. The van der Waals surface area contributed by atoms with Crippen molar-refractivity contribution in [3.8, 4) is 0 Å². The van der Waals surface area contributed by atoms with Gasteiger partial charge >= 0.3 is 0 Å². The Bertz CT molecular complexity index is 1050. The Morgan fingerprint density at radius 3 is 2.83 bits per heavy atom. The Morgan fingerprint density at radius 1 is 1.23 bits per heavy atom. The highest BCUT2D eigenvalue weighted by molar-refractivity contribution is 5.97. The van der Waals surface area contributed by atoms with E-state index in [1.54, 1.807) is 13.3 Å². The molecule has 2 aliphatic carbocycles. The number of likely N-dealkylation sites (tertiary alicyclic amines) is 1. The number of hydrogen-bond donors (Lipinski definition) is 1. The van der Waals surface area contributed by atoms with Gasteiger partial charge in [0, 0.05) is 38.5 Å². The summed E-state index contributed by atoms with van der Waals surface area (Å²) in [5.41, 5.74) is 3.46. The summed E-state index contributed by atoms with van der Waals surface area (Å²) in [6.45, 7) is 1.56. The summed E-state index contributed by atoms with van der Waals surface area (Å²) in [5, 5.41) is 8.83. The molecular formula is C22H26N6O2. The molecule has 0 radical (unpaired) electrons. The second kappa shape index (κ2) is 6.91. The standard InChI is InChI=1S/C22H26N6O2/c1-30-21-8-15-11-27(22(29)18-9-17-16(24-18)3-2-6-23-17)10-14(15)7-20(21)28-12-19(25-26-28)13-4-5-13/h2-3,6,9,12-15,20-21,24H,4-5,7-8,10-11H2,1H3/t14-,15+,20-,21-/m1/s1. The van der Waals surface area contributed by atoms with Gasteiger partial charge in [0.25, 0.3) is 5.91 Å². The second-order valence-electron chi connectivity index (χ2n) is 9.06. The lowest BCUT2D eigenvalue weighted by Crippen LogP contribution is -2.37. The summed E-state index contributed by atoms with van der Waals surface area (Å²) in [6.07, 6.45) is 8.33. The maximum absolute atomic E-state index is 13.2. The van der Waals surface area contributed by atoms with Crippen molar-refractivity contribution in [2.45, 2.75) is 43.7 Å². The number of rotatable bonds is 4. The molecular weight excluding hydrogens is 380 g/mol. The van der Waals surface area contributed by atoms with Crippen LogP contribution in [0.15, 0.2) is 30.6 Å². The molecule has 1 amide bonds. The van der Waals surface area contributed by atoms with Crippen molar-refractivity contribution in [1.82, 2.24) is 29.9 Å². The molecule has 3 aromatic rings. The maximum atomic E-state index is 13.2. The molecule has 1 saturated heterocycles. The van der Waals surface area contributed by atoms with E-state index in [9.17, 15) is 4.79 Å². The number of H-pyrrole nitrogens is 1. The van der Waals surface area contributed by atoms with Gasteiger partial charge in [0.15, 0.2) is 0 Å². The van der Waals surface area contributed by atoms with E-state index in [1.165, 1.54) is 12.8 Å². The molecule has 3 aliphatic rings. The van der Waals surface area contributed by atoms with E-state index in [0.717, 1.165) is 42.7 Å². The molecule has 0 unspecified atom stereocenters. The van der Waals surface area contributed by atoms with Crippen LogP contribution in [0.3, 0.4) is 0 Å². The van der Waals surface area contributed by atoms with E-state index in [-0.39, 0.29) is 18.1 Å². The number of nitrogens with zero attached hydrogens (tertiary/aromatic N) is 5. The Labute approximate surface area is 174 Å². The van der Waals surface area contributed by atoms with Crippen LogP contribution in [0.25, 0.3) is 11.0 Å². The van der Waals surface area contributed by atoms with Crippen LogP contribution < -0.4 is 0 Å². The number of carbonyl (C=O) groups is 1. The molecule has 0 aromatic carbocycles. The van der Waals surface area contributed by atoms with Gasteiger partial charge in [-0.3, -0.25) is 9.78 Å². The largest absolute Gasteiger partial charge is 0.379 e. The number of fused-ring (bicyclic) bond motifs is 2. The number of ether oxygens (including phenoxy) is 1. The molecule has 1 N–H and O–H groups in total. The summed E-state index contributed by atoms with van der Waals surface area (Å²) in [7, 11) is 1.78. The van der Waals surface area contributed by atoms with Gasteiger partial charge in [-0.2, -0.15) is 0 Å². The lowest BCUT2D eigenvalue weighted by atomic mass is 9.77. The third-order valence-electron chi connectivity index (χ3n) is 7.16. The van der Waals surface area contributed by atoms with Gasteiger partial charge in [-0.1, -0.05) is 5.21 Å². The fourth-order valence-electron chi connectivity index (χ4n) is 5.35. The van der Waals surface area contributed by atoms with Gasteiger partial charge in [0.1, 0.15) is 5.69 Å². The first-order valence-corrected chi connectivity index (χ1v) is 10.9. The second-order valence-corrected chi connectivity index (χ2v) is 9.06. The van der Waals surface area contributed by atoms with E-state index >= 15 is 0 Å². The molecule has 0 spiro atoms. The van der Waals surface area contributed by atoms with Crippen molar-refractivity contribution in [2.75, 3.05) is 20.2 Å². The van der Waals surface area contributed by atoms with E-state index in [4.69, 9.17) is 4.74 Å². The van der Waals surface area contributed by atoms with Crippen molar-refractivity contribution >= 4 is 16.9 Å². The maximum Gasteiger partial charge on any atom is 0.270 e. The third-order valence-corrected chi connectivity index (χ3v) is 7.16. The van der Waals surface area contributed by atoms with Crippen LogP contribution >= 0.6 is 0 Å². The van der Waals surface area contributed by atoms with E-state index in [1.807, 2.05) is 27.8 Å². The van der Waals surface area contributed by atoms with Crippen LogP contribution in [0.5, 0.6) is 0 Å². The SMILES string of the molecule is CO[C@@H]1C[C@H]2CN(C(=O)c3cc4ncccc4[nH]3)C[C@H]2C[C@H]1n1cc(C2CC2)nn1. The quantitative estimate of drug-likeness (QED) is 0.720. The molecule has 8 nitrogen and oxygen atoms in total. The predicted molar refractivity (Wildman–Crippen MR) is 110 cm³/mol. The zero-order valence-corrected chi connectivity index (χ0v) is 17.1. The van der Waals surface area contributed by atoms with Crippen molar-refractivity contribution < 1.29 is 9.53 Å². The number of pyridine rings is 1. The first-order valence-electron chi connectivity index (χ1n) is 10.9. The van der Waals surface area contributed by atoms with Gasteiger partial charge in [-0.05, 0) is 55.7 Å². The zero-order valence-electron chi connectivity index (χ0n) is 17.1. The molecule has 0 bridgehead atoms. The molecule has 3 fully saturated rings. The van der Waals surface area contributed by atoms with Crippen LogP contribution in [0.1, 0.15) is 53.8 Å². The minimum Gasteiger partial charge on any atom is -0.379 e. The minimum atomic E-state index is 0.0599. The highest BCUT2D eigenvalue weighted by Crippen LogP contribution is 2.44. The number of aromatic nitrogens is 5. The molecule has 4 atom stereocenters. The number of nitrogens with one attached hydrogen (secondary N) is 1. The van der Waals surface area contributed by atoms with Gasteiger partial charge in [0.05, 0.1) is 28.9 Å². The molecule has 6 rings (SSSR count). The van der Waals surface area contributed by atoms with Crippen LogP contribution in [0, 0.1) is 11.8 Å². The van der Waals surface area contributed by atoms with Gasteiger partial charge in [-0.25, -0.2) is 4.68 Å². The smallest absolute Gasteiger partial charge is 0.270 e. The summed E-state index contributed by atoms with van der Waals surface area (Å²) in [6, 6.07) is 5.87. The topological polar surface area (TPSA) is 88.9 Å². The number of aromatic amines is 1. The molecule has 2 saturated carbocycles. The lowest BCUT2D eigenvalue weighted by molar-refractivity contribution is -0.00546. The number of amides is 1. The normalized spacial score (nSPS) is 28.8. The van der Waals surface area contributed by atoms with E-state index in [2.05, 4.69) is 26.5 Å². The van der Waals surface area contributed by atoms with E-state index < -0.39 is 0 Å². The highest BCUT2D eigenvalue weighted by atomic mass is 16.5. The average Bonchev–Trinajstić information content (AvgIpc) is 3.19. The number of carbonyl (C=O) groups excluding carboxylic acids is 1. The first kappa shape index (κ1) is 18.1. The zero-order chi connectivity index (χ0) is 20.2. The van der Waals surface area contributed by atoms with Crippen LogP contribution in [-0.4, -0.2) is 62.1 Å². The summed E-state index contributed by atoms with van der Waals surface area (Å²) in [4.78, 5) is 22.7. The number of hydrogen-bond acceptors (Lipinski definition) is 5. The minimum absolute atomic E-state index is 0.0599. The molecule has 4 heterocycles. The Morgan fingerprint density at radius 2 is 2.07 bits per heavy atom. The monoisotopic (exact) mass is 406 g/mol. The van der Waals surface area contributed by atoms with Crippen LogP contribution in [0.2, 0.25) is 0 Å². The molecule has 30 heavy (non-hydrogen) atoms. The van der Waals surface area contributed by atoms with Crippen LogP contribution in [-0.2, 0) is 4.74 Å². The van der Waals surface area contributed by atoms with Gasteiger partial charge < -0.3 is 14.6 Å². The molecule has 156 valence electrons. The van der Waals surface area contributed by atoms with Crippen molar-refractivity contribution in [3.05, 3.63) is 42.0 Å². The first-order chi connectivity index (χ1) is 14.7. The third kappa shape index (κ3) is 3.01. The summed E-state index contributed by atoms with van der Waals surface area (Å²) >= 11 is 0. The summed E-state index contributed by atoms with van der Waals surface area (Å²) in [5.74, 6) is 1.58. The van der Waals surface area contributed by atoms with Crippen molar-refractivity contribution in [1.29, 1.82) is 0 Å². The van der Waals surface area contributed by atoms with Gasteiger partial charge in [0.2, 0.25) is 0 Å². The average molecular weight is 406 g/mol. The fraction of sp³-hybridized carbons (Fsp3) is 0.545. The highest BCUT2D eigenvalue weighted by Gasteiger charge is 2.45. The van der Waals surface area contributed by atoms with Gasteiger partial charge in [-0.15, -0.1) is 5.10 Å². The van der Waals surface area contributed by atoms with Crippen molar-refractivity contribution in [2.24, 2.45) is 11.8 Å².